The summed E-state index contributed by atoms with van der Waals surface area (Å²) in [5, 5.41) is 3.16. The summed E-state index contributed by atoms with van der Waals surface area (Å²) in [4.78, 5) is 39.1. The zero-order chi connectivity index (χ0) is 21.6. The molecule has 1 N–H and O–H groups in total. The van der Waals surface area contributed by atoms with Gasteiger partial charge >= 0.3 is 12.1 Å². The third-order valence-corrected chi connectivity index (χ3v) is 5.41. The third-order valence-electron chi connectivity index (χ3n) is 5.16. The van der Waals surface area contributed by atoms with E-state index in [9.17, 15) is 27.6 Å². The molecule has 3 amide bonds. The van der Waals surface area contributed by atoms with Gasteiger partial charge in [-0.05, 0) is 35.4 Å². The summed E-state index contributed by atoms with van der Waals surface area (Å²) in [7, 11) is 0. The minimum atomic E-state index is -5.04. The van der Waals surface area contributed by atoms with Crippen LogP contribution in [0.4, 0.5) is 18.9 Å². The Hall–Kier alpha value is -3.07. The maximum absolute atomic E-state index is 13.1. The van der Waals surface area contributed by atoms with Gasteiger partial charge in [0.05, 0.1) is 17.8 Å². The summed E-state index contributed by atoms with van der Waals surface area (Å²) >= 11 is 5.91. The number of anilines is 1. The van der Waals surface area contributed by atoms with Crippen LogP contribution >= 0.6 is 11.6 Å². The number of benzene rings is 2. The zero-order valence-electron chi connectivity index (χ0n) is 15.4. The number of fused-ring (bicyclic) bond motifs is 2. The molecule has 30 heavy (non-hydrogen) atoms. The Morgan fingerprint density at radius 3 is 2.37 bits per heavy atom. The van der Waals surface area contributed by atoms with Gasteiger partial charge in [-0.3, -0.25) is 14.4 Å². The highest BCUT2D eigenvalue weighted by molar-refractivity contribution is 6.30. The molecule has 2 aromatic carbocycles. The largest absolute Gasteiger partial charge is 0.471 e. The molecule has 0 aliphatic carbocycles. The second kappa shape index (κ2) is 7.32. The maximum atomic E-state index is 13.1. The molecule has 0 radical (unpaired) electrons. The van der Waals surface area contributed by atoms with Crippen molar-refractivity contribution >= 4 is 35.0 Å². The highest BCUT2D eigenvalue weighted by Gasteiger charge is 2.47. The van der Waals surface area contributed by atoms with Crippen LogP contribution in [-0.4, -0.2) is 59.4 Å². The molecule has 10 heteroatoms. The number of halogens is 4. The molecule has 1 atom stereocenters. The lowest BCUT2D eigenvalue weighted by Crippen LogP contribution is -2.61. The van der Waals surface area contributed by atoms with Gasteiger partial charge in [0.25, 0.3) is 5.91 Å². The van der Waals surface area contributed by atoms with Gasteiger partial charge in [0.1, 0.15) is 6.04 Å². The summed E-state index contributed by atoms with van der Waals surface area (Å²) in [5.74, 6) is -3.14. The molecule has 0 aromatic heterocycles. The van der Waals surface area contributed by atoms with Crippen molar-refractivity contribution in [3.63, 3.8) is 0 Å². The summed E-state index contributed by atoms with van der Waals surface area (Å²) in [6.07, 6.45) is -5.04. The molecule has 2 heterocycles. The lowest BCUT2D eigenvalue weighted by molar-refractivity contribution is -0.187. The number of hydrogen-bond donors (Lipinski definition) is 1. The normalized spacial score (nSPS) is 19.0. The molecule has 6 nitrogen and oxygen atoms in total. The highest BCUT2D eigenvalue weighted by atomic mass is 35.5. The first-order valence-electron chi connectivity index (χ1n) is 9.03. The predicted octanol–water partition coefficient (Wildman–Crippen LogP) is 3.17. The van der Waals surface area contributed by atoms with Gasteiger partial charge < -0.3 is 15.1 Å². The zero-order valence-corrected chi connectivity index (χ0v) is 16.1. The Kier molecular flexibility index (Phi) is 4.93. The van der Waals surface area contributed by atoms with Crippen molar-refractivity contribution in [2.24, 2.45) is 0 Å². The summed E-state index contributed by atoms with van der Waals surface area (Å²) in [6.45, 7) is -1.00. The topological polar surface area (TPSA) is 69.7 Å². The van der Waals surface area contributed by atoms with E-state index in [0.717, 1.165) is 11.1 Å². The molecule has 0 saturated carbocycles. The minimum Gasteiger partial charge on any atom is -0.330 e. The Morgan fingerprint density at radius 2 is 1.70 bits per heavy atom. The van der Waals surface area contributed by atoms with Crippen LogP contribution in [0.25, 0.3) is 11.1 Å². The van der Waals surface area contributed by atoms with E-state index in [1.165, 1.54) is 4.90 Å². The first-order valence-corrected chi connectivity index (χ1v) is 9.41. The average molecular weight is 438 g/mol. The van der Waals surface area contributed by atoms with Crippen molar-refractivity contribution in [2.75, 3.05) is 25.0 Å². The lowest BCUT2D eigenvalue weighted by atomic mass is 10.0. The van der Waals surface area contributed by atoms with Crippen molar-refractivity contribution in [1.29, 1.82) is 0 Å². The molecule has 1 fully saturated rings. The second-order valence-electron chi connectivity index (χ2n) is 7.02. The van der Waals surface area contributed by atoms with Gasteiger partial charge in [0, 0.05) is 18.1 Å². The molecule has 156 valence electrons. The number of carbonyl (C=O) groups excluding carboxylic acids is 3. The second-order valence-corrected chi connectivity index (χ2v) is 7.46. The number of nitrogens with one attached hydrogen (secondary N) is 1. The molecule has 1 saturated heterocycles. The number of amides is 3. The fourth-order valence-corrected chi connectivity index (χ4v) is 3.76. The van der Waals surface area contributed by atoms with Gasteiger partial charge in [-0.25, -0.2) is 0 Å². The van der Waals surface area contributed by atoms with Gasteiger partial charge in [-0.2, -0.15) is 13.2 Å². The van der Waals surface area contributed by atoms with Crippen molar-refractivity contribution in [3.8, 4) is 11.1 Å². The Bertz CT molecular complexity index is 1040. The third kappa shape index (κ3) is 3.60. The average Bonchev–Trinajstić information content (AvgIpc) is 2.82. The van der Waals surface area contributed by atoms with Crippen LogP contribution in [0.15, 0.2) is 42.5 Å². The van der Waals surface area contributed by atoms with Gasteiger partial charge in [0.15, 0.2) is 0 Å². The number of alkyl halides is 3. The van der Waals surface area contributed by atoms with E-state index in [2.05, 4.69) is 5.32 Å². The standard InChI is InChI=1S/C20H15ClF3N3O3/c21-13-4-1-11(2-5-13)12-3-6-15-14(9-12)18(29)27-8-7-26(19(30)20(22,23)24)10-16(27)17(28)25-15/h1-6,9,16H,7-8,10H2,(H,25,28). The van der Waals surface area contributed by atoms with Crippen LogP contribution in [0.2, 0.25) is 5.02 Å². The highest BCUT2D eigenvalue weighted by Crippen LogP contribution is 2.31. The summed E-state index contributed by atoms with van der Waals surface area (Å²) < 4.78 is 38.3. The summed E-state index contributed by atoms with van der Waals surface area (Å²) in [6, 6.07) is 10.7. The predicted molar refractivity (Wildman–Crippen MR) is 103 cm³/mol. The first-order chi connectivity index (χ1) is 14.1. The van der Waals surface area contributed by atoms with Crippen LogP contribution in [0, 0.1) is 0 Å². The SMILES string of the molecule is O=C1Nc2ccc(-c3ccc(Cl)cc3)cc2C(=O)N2CCN(C(=O)C(F)(F)F)CC12. The molecule has 4 rings (SSSR count). The number of nitrogens with zero attached hydrogens (tertiary/aromatic N) is 2. The fraction of sp³-hybridized carbons (Fsp3) is 0.250. The van der Waals surface area contributed by atoms with E-state index in [1.54, 1.807) is 42.5 Å². The van der Waals surface area contributed by atoms with Crippen LogP contribution < -0.4 is 5.32 Å². The van der Waals surface area contributed by atoms with E-state index in [-0.39, 0.29) is 24.3 Å². The van der Waals surface area contributed by atoms with E-state index >= 15 is 0 Å². The van der Waals surface area contributed by atoms with Gasteiger partial charge in [-0.15, -0.1) is 0 Å². The Morgan fingerprint density at radius 1 is 1.03 bits per heavy atom. The number of piperazine rings is 1. The number of rotatable bonds is 1. The number of hydrogen-bond acceptors (Lipinski definition) is 3. The van der Waals surface area contributed by atoms with E-state index < -0.39 is 36.5 Å². The van der Waals surface area contributed by atoms with E-state index in [4.69, 9.17) is 11.6 Å². The molecule has 1 unspecified atom stereocenters. The Balaban J connectivity index is 1.65. The molecule has 0 bridgehead atoms. The smallest absolute Gasteiger partial charge is 0.330 e. The monoisotopic (exact) mass is 437 g/mol. The van der Waals surface area contributed by atoms with Crippen molar-refractivity contribution < 1.29 is 27.6 Å². The van der Waals surface area contributed by atoms with E-state index in [0.29, 0.717) is 9.92 Å². The Labute approximate surface area is 174 Å². The molecular formula is C20H15ClF3N3O3. The van der Waals surface area contributed by atoms with Gasteiger partial charge in [-0.1, -0.05) is 29.8 Å². The quantitative estimate of drug-likeness (QED) is 0.745. The van der Waals surface area contributed by atoms with Crippen LogP contribution in [0.3, 0.4) is 0 Å². The first kappa shape index (κ1) is 20.2. The number of carbonyl (C=O) groups is 3. The lowest BCUT2D eigenvalue weighted by Gasteiger charge is -2.39. The van der Waals surface area contributed by atoms with Crippen LogP contribution in [0.1, 0.15) is 10.4 Å². The van der Waals surface area contributed by atoms with Gasteiger partial charge in [0.2, 0.25) is 5.91 Å². The molecule has 2 aromatic rings. The van der Waals surface area contributed by atoms with E-state index in [1.807, 2.05) is 0 Å². The fourth-order valence-electron chi connectivity index (χ4n) is 3.64. The van der Waals surface area contributed by atoms with Crippen molar-refractivity contribution in [1.82, 2.24) is 9.80 Å². The van der Waals surface area contributed by atoms with Crippen LogP contribution in [-0.2, 0) is 9.59 Å². The minimum absolute atomic E-state index is 0.177. The van der Waals surface area contributed by atoms with Crippen molar-refractivity contribution in [3.05, 3.63) is 53.1 Å². The molecule has 0 spiro atoms. The molecule has 2 aliphatic rings. The maximum Gasteiger partial charge on any atom is 0.471 e. The van der Waals surface area contributed by atoms with Crippen LogP contribution in [0.5, 0.6) is 0 Å². The van der Waals surface area contributed by atoms with Crippen molar-refractivity contribution in [2.45, 2.75) is 12.2 Å². The molecular weight excluding hydrogens is 423 g/mol. The molecule has 2 aliphatic heterocycles. The summed E-state index contributed by atoms with van der Waals surface area (Å²) in [5.41, 5.74) is 2.03.